The van der Waals surface area contributed by atoms with Gasteiger partial charge in [0.25, 0.3) is 5.91 Å². The maximum atomic E-state index is 13.0. The van der Waals surface area contributed by atoms with Crippen LogP contribution in [0.4, 0.5) is 0 Å². The van der Waals surface area contributed by atoms with Crippen molar-refractivity contribution < 1.29 is 9.59 Å². The Morgan fingerprint density at radius 3 is 2.81 bits per heavy atom. The van der Waals surface area contributed by atoms with Crippen LogP contribution in [0.1, 0.15) is 35.6 Å². The van der Waals surface area contributed by atoms with E-state index in [-0.39, 0.29) is 17.2 Å². The lowest BCUT2D eigenvalue weighted by Gasteiger charge is -2.29. The Labute approximate surface area is 162 Å². The van der Waals surface area contributed by atoms with Crippen LogP contribution in [-0.2, 0) is 11.3 Å². The van der Waals surface area contributed by atoms with Crippen molar-refractivity contribution in [1.82, 2.24) is 15.2 Å². The molecular formula is C19H23N3O2S2. The molecule has 1 fully saturated rings. The molecule has 1 aliphatic heterocycles. The number of aromatic nitrogens is 1. The van der Waals surface area contributed by atoms with Crippen LogP contribution in [0.3, 0.4) is 0 Å². The minimum atomic E-state index is -0.443. The highest BCUT2D eigenvalue weighted by Crippen LogP contribution is 2.35. The van der Waals surface area contributed by atoms with Crippen molar-refractivity contribution in [3.05, 3.63) is 52.5 Å². The Kier molecular flexibility index (Phi) is 6.32. The largest absolute Gasteiger partial charge is 0.349 e. The minimum Gasteiger partial charge on any atom is -0.349 e. The summed E-state index contributed by atoms with van der Waals surface area (Å²) in [7, 11) is 0. The number of rotatable bonds is 6. The number of hydrogen-bond donors (Lipinski definition) is 1. The van der Waals surface area contributed by atoms with Crippen LogP contribution >= 0.6 is 23.1 Å². The third kappa shape index (κ3) is 4.45. The molecule has 3 rings (SSSR count). The van der Waals surface area contributed by atoms with Gasteiger partial charge in [-0.2, -0.15) is 0 Å². The van der Waals surface area contributed by atoms with Crippen LogP contribution < -0.4 is 5.32 Å². The van der Waals surface area contributed by atoms with E-state index in [1.807, 2.05) is 35.7 Å². The van der Waals surface area contributed by atoms with Crippen LogP contribution in [0.15, 0.2) is 41.9 Å². The molecule has 0 aromatic carbocycles. The zero-order valence-corrected chi connectivity index (χ0v) is 16.6. The molecule has 7 heteroatoms. The standard InChI is InChI=1S/C19H23N3O2S2/c1-13(2)10-17-22(19(24)16-7-5-9-25-16)15(12-26-17)18(23)21-11-14-6-3-4-8-20-14/h3-9,13,15,17H,10-12H2,1-2H3,(H,21,23). The molecule has 0 spiro atoms. The Morgan fingerprint density at radius 2 is 2.15 bits per heavy atom. The number of nitrogens with zero attached hydrogens (tertiary/aromatic N) is 2. The van der Waals surface area contributed by atoms with E-state index in [9.17, 15) is 9.59 Å². The highest BCUT2D eigenvalue weighted by Gasteiger charge is 2.42. The van der Waals surface area contributed by atoms with Gasteiger partial charge in [0.2, 0.25) is 5.91 Å². The van der Waals surface area contributed by atoms with E-state index in [4.69, 9.17) is 0 Å². The molecule has 2 aromatic rings. The first-order chi connectivity index (χ1) is 12.6. The fourth-order valence-electron chi connectivity index (χ4n) is 2.95. The summed E-state index contributed by atoms with van der Waals surface area (Å²) in [6.45, 7) is 4.66. The summed E-state index contributed by atoms with van der Waals surface area (Å²) in [5, 5.41) is 4.87. The van der Waals surface area contributed by atoms with Gasteiger partial charge in [0, 0.05) is 11.9 Å². The first-order valence-corrected chi connectivity index (χ1v) is 10.6. The van der Waals surface area contributed by atoms with Crippen molar-refractivity contribution in [2.24, 2.45) is 5.92 Å². The molecule has 1 saturated heterocycles. The van der Waals surface area contributed by atoms with Gasteiger partial charge in [-0.05, 0) is 35.9 Å². The predicted molar refractivity (Wildman–Crippen MR) is 106 cm³/mol. The van der Waals surface area contributed by atoms with E-state index >= 15 is 0 Å². The van der Waals surface area contributed by atoms with Crippen molar-refractivity contribution >= 4 is 34.9 Å². The zero-order chi connectivity index (χ0) is 18.5. The second-order valence-corrected chi connectivity index (χ2v) is 8.82. The molecular weight excluding hydrogens is 366 g/mol. The van der Waals surface area contributed by atoms with Crippen molar-refractivity contribution in [2.75, 3.05) is 5.75 Å². The van der Waals surface area contributed by atoms with Crippen LogP contribution in [-0.4, -0.2) is 38.9 Å². The van der Waals surface area contributed by atoms with Gasteiger partial charge in [-0.3, -0.25) is 14.6 Å². The molecule has 2 unspecified atom stereocenters. The summed E-state index contributed by atoms with van der Waals surface area (Å²) in [6.07, 6.45) is 2.59. The number of pyridine rings is 1. The number of carbonyl (C=O) groups is 2. The second kappa shape index (κ2) is 8.68. The van der Waals surface area contributed by atoms with Crippen LogP contribution in [0.2, 0.25) is 0 Å². The maximum absolute atomic E-state index is 13.0. The molecule has 1 aliphatic rings. The summed E-state index contributed by atoms with van der Waals surface area (Å²) in [4.78, 5) is 32.5. The van der Waals surface area contributed by atoms with Crippen molar-refractivity contribution in [3.8, 4) is 0 Å². The van der Waals surface area contributed by atoms with Gasteiger partial charge in [-0.15, -0.1) is 23.1 Å². The average molecular weight is 390 g/mol. The number of nitrogens with one attached hydrogen (secondary N) is 1. The zero-order valence-electron chi connectivity index (χ0n) is 14.9. The van der Waals surface area contributed by atoms with E-state index in [0.717, 1.165) is 12.1 Å². The lowest BCUT2D eigenvalue weighted by Crippen LogP contribution is -2.49. The Hall–Kier alpha value is -1.86. The fourth-order valence-corrected chi connectivity index (χ4v) is 5.26. The van der Waals surface area contributed by atoms with Crippen molar-refractivity contribution in [1.29, 1.82) is 0 Å². The highest BCUT2D eigenvalue weighted by molar-refractivity contribution is 8.00. The van der Waals surface area contributed by atoms with E-state index in [1.165, 1.54) is 11.3 Å². The topological polar surface area (TPSA) is 62.3 Å². The van der Waals surface area contributed by atoms with Crippen molar-refractivity contribution in [2.45, 2.75) is 38.2 Å². The van der Waals surface area contributed by atoms with E-state index in [1.54, 1.807) is 22.9 Å². The first-order valence-electron chi connectivity index (χ1n) is 8.71. The minimum absolute atomic E-state index is 0.0372. The summed E-state index contributed by atoms with van der Waals surface area (Å²) in [5.41, 5.74) is 0.807. The summed E-state index contributed by atoms with van der Waals surface area (Å²) in [6, 6.07) is 8.86. The van der Waals surface area contributed by atoms with E-state index in [2.05, 4.69) is 24.1 Å². The molecule has 1 N–H and O–H groups in total. The second-order valence-electron chi connectivity index (χ2n) is 6.66. The molecule has 138 valence electrons. The monoisotopic (exact) mass is 389 g/mol. The van der Waals surface area contributed by atoms with Gasteiger partial charge in [0.15, 0.2) is 0 Å². The number of hydrogen-bond acceptors (Lipinski definition) is 5. The third-order valence-corrected chi connectivity index (χ3v) is 6.37. The maximum Gasteiger partial charge on any atom is 0.265 e. The molecule has 0 saturated carbocycles. The van der Waals surface area contributed by atoms with Crippen LogP contribution in [0.5, 0.6) is 0 Å². The molecule has 0 radical (unpaired) electrons. The molecule has 2 amide bonds. The van der Waals surface area contributed by atoms with Gasteiger partial charge < -0.3 is 10.2 Å². The van der Waals surface area contributed by atoms with Crippen LogP contribution in [0, 0.1) is 5.92 Å². The Balaban J connectivity index is 1.73. The molecule has 2 aromatic heterocycles. The van der Waals surface area contributed by atoms with Gasteiger partial charge in [0.05, 0.1) is 22.5 Å². The number of amides is 2. The lowest BCUT2D eigenvalue weighted by atomic mass is 10.1. The number of thioether (sulfide) groups is 1. The van der Waals surface area contributed by atoms with Gasteiger partial charge in [-0.25, -0.2) is 0 Å². The Bertz CT molecular complexity index is 735. The quantitative estimate of drug-likeness (QED) is 0.823. The summed E-state index contributed by atoms with van der Waals surface area (Å²) < 4.78 is 0. The number of thiophene rings is 1. The average Bonchev–Trinajstić information content (AvgIpc) is 3.29. The predicted octanol–water partition coefficient (Wildman–Crippen LogP) is 3.39. The fraction of sp³-hybridized carbons (Fsp3) is 0.421. The van der Waals surface area contributed by atoms with Gasteiger partial charge in [-0.1, -0.05) is 26.0 Å². The lowest BCUT2D eigenvalue weighted by molar-refractivity contribution is -0.125. The first kappa shape index (κ1) is 18.9. The smallest absolute Gasteiger partial charge is 0.265 e. The van der Waals surface area contributed by atoms with Gasteiger partial charge >= 0.3 is 0 Å². The number of carbonyl (C=O) groups excluding carboxylic acids is 2. The molecule has 5 nitrogen and oxygen atoms in total. The van der Waals surface area contributed by atoms with E-state index in [0.29, 0.717) is 23.1 Å². The SMILES string of the molecule is CC(C)CC1SCC(C(=O)NCc2ccccn2)N1C(=O)c1cccs1. The molecule has 2 atom stereocenters. The van der Waals surface area contributed by atoms with Crippen molar-refractivity contribution in [3.63, 3.8) is 0 Å². The molecule has 26 heavy (non-hydrogen) atoms. The molecule has 3 heterocycles. The third-order valence-electron chi connectivity index (χ3n) is 4.20. The Morgan fingerprint density at radius 1 is 1.31 bits per heavy atom. The van der Waals surface area contributed by atoms with Crippen LogP contribution in [0.25, 0.3) is 0 Å². The summed E-state index contributed by atoms with van der Waals surface area (Å²) >= 11 is 3.12. The normalized spacial score (nSPS) is 19.7. The highest BCUT2D eigenvalue weighted by atomic mass is 32.2. The van der Waals surface area contributed by atoms with Gasteiger partial charge in [0.1, 0.15) is 6.04 Å². The molecule has 0 bridgehead atoms. The molecule has 0 aliphatic carbocycles. The van der Waals surface area contributed by atoms with E-state index < -0.39 is 6.04 Å². The summed E-state index contributed by atoms with van der Waals surface area (Å²) in [5.74, 6) is 0.928.